The largest absolute Gasteiger partial charge is 0.507 e. The Morgan fingerprint density at radius 2 is 1.96 bits per heavy atom. The molecular formula is C30H35N5O10S. The zero-order valence-electron chi connectivity index (χ0n) is 25.1. The third-order valence-corrected chi connectivity index (χ3v) is 9.12. The van der Waals surface area contributed by atoms with Gasteiger partial charge in [0.15, 0.2) is 5.69 Å². The predicted molar refractivity (Wildman–Crippen MR) is 163 cm³/mol. The number of esters is 1. The first kappa shape index (κ1) is 34.0. The number of carbonyl (C=O) groups excluding carboxylic acids is 4. The molecule has 1 unspecified atom stereocenters. The van der Waals surface area contributed by atoms with Gasteiger partial charge in [0, 0.05) is 32.5 Å². The Bertz CT molecular complexity index is 1620. The van der Waals surface area contributed by atoms with Gasteiger partial charge in [0.05, 0.1) is 33.5 Å². The second kappa shape index (κ2) is 15.4. The highest BCUT2D eigenvalue weighted by atomic mass is 32.2. The van der Waals surface area contributed by atoms with Crippen molar-refractivity contribution in [3.63, 3.8) is 0 Å². The number of phenolic OH excluding ortho intramolecular Hbond substituents is 1. The number of urea groups is 1. The van der Waals surface area contributed by atoms with Gasteiger partial charge in [0.1, 0.15) is 28.4 Å². The molecule has 2 atom stereocenters. The second-order valence-electron chi connectivity index (χ2n) is 10.6. The molecule has 0 spiro atoms. The quantitative estimate of drug-likeness (QED) is 0.148. The van der Waals surface area contributed by atoms with E-state index in [9.17, 15) is 32.7 Å². The number of amides is 4. The molecule has 2 aromatic rings. The third kappa shape index (κ3) is 8.43. The van der Waals surface area contributed by atoms with E-state index in [1.54, 1.807) is 6.07 Å². The highest BCUT2D eigenvalue weighted by Gasteiger charge is 2.39. The molecule has 46 heavy (non-hydrogen) atoms. The number of unbranched alkanes of at least 4 members (excludes halogenated alkanes) is 1. The number of benzene rings is 2. The maximum Gasteiger partial charge on any atom is 0.345 e. The third-order valence-electron chi connectivity index (χ3n) is 7.44. The number of hydrogen-bond acceptors (Lipinski definition) is 10. The number of nitrogens with zero attached hydrogens (tertiary/aromatic N) is 2. The lowest BCUT2D eigenvalue weighted by molar-refractivity contribution is -0.123. The fourth-order valence-corrected chi connectivity index (χ4v) is 6.50. The normalized spacial score (nSPS) is 17.7. The summed E-state index contributed by atoms with van der Waals surface area (Å²) in [5, 5.41) is 14.4. The Labute approximate surface area is 266 Å². The number of nitrogens with one attached hydrogen (secondary N) is 3. The molecule has 16 heteroatoms. The fraction of sp³-hybridized carbons (Fsp3) is 0.433. The molecule has 15 nitrogen and oxygen atoms in total. The maximum absolute atomic E-state index is 13.3. The Morgan fingerprint density at radius 1 is 1.20 bits per heavy atom. The van der Waals surface area contributed by atoms with Crippen molar-refractivity contribution in [3.05, 3.63) is 64.5 Å². The number of aromatic hydroxyl groups is 1. The molecule has 2 saturated heterocycles. The van der Waals surface area contributed by atoms with Gasteiger partial charge in [-0.25, -0.2) is 22.9 Å². The number of morpholine rings is 1. The average Bonchev–Trinajstić information content (AvgIpc) is 3.33. The van der Waals surface area contributed by atoms with Crippen molar-refractivity contribution in [1.29, 1.82) is 0 Å². The van der Waals surface area contributed by atoms with Crippen LogP contribution in [0.4, 0.5) is 10.5 Å². The molecule has 2 aromatic carbocycles. The summed E-state index contributed by atoms with van der Waals surface area (Å²) in [6, 6.07) is 7.43. The van der Waals surface area contributed by atoms with Crippen LogP contribution in [0.1, 0.15) is 46.0 Å². The number of ether oxygens (including phenoxy) is 3. The summed E-state index contributed by atoms with van der Waals surface area (Å²) in [5.41, 5.74) is 0.639. The molecule has 0 saturated carbocycles. The van der Waals surface area contributed by atoms with Gasteiger partial charge >= 0.3 is 12.0 Å². The van der Waals surface area contributed by atoms with Gasteiger partial charge in [0.25, 0.3) is 0 Å². The van der Waals surface area contributed by atoms with E-state index in [1.807, 2.05) is 4.72 Å². The molecule has 246 valence electrons. The standard InChI is InChI=1S/C30H35N5O10S/c1-31-21-16-19(8-9-20(21)25-18-26(37)34-46(25,41)42)17-22(33-30(40)35-11-14-44-15-12-35)28(38)32-10-3-4-13-45-24-7-5-6-23(36)27(24)29(39)43-2/h5-9,16,22,25,36H,3-4,10-15,17-18H2,2H3,(H,32,38)(H,33,40)(H,34,37)/t22-,25?/m0/s1. The Hall–Kier alpha value is -4.88. The number of phenols is 1. The van der Waals surface area contributed by atoms with E-state index < -0.39 is 45.1 Å². The number of carbonyl (C=O) groups is 4. The first-order valence-corrected chi connectivity index (χ1v) is 16.1. The van der Waals surface area contributed by atoms with E-state index in [0.29, 0.717) is 44.7 Å². The molecule has 2 aliphatic heterocycles. The molecule has 0 bridgehead atoms. The summed E-state index contributed by atoms with van der Waals surface area (Å²) in [6.45, 7) is 9.48. The molecule has 2 heterocycles. The van der Waals surface area contributed by atoms with Gasteiger partial charge in [-0.1, -0.05) is 29.8 Å². The van der Waals surface area contributed by atoms with Gasteiger partial charge in [-0.2, -0.15) is 0 Å². The molecule has 4 N–H and O–H groups in total. The van der Waals surface area contributed by atoms with Crippen LogP contribution in [-0.2, 0) is 35.5 Å². The van der Waals surface area contributed by atoms with Crippen molar-refractivity contribution in [2.45, 2.75) is 37.0 Å². The molecular weight excluding hydrogens is 622 g/mol. The van der Waals surface area contributed by atoms with Crippen molar-refractivity contribution in [2.24, 2.45) is 0 Å². The van der Waals surface area contributed by atoms with Crippen molar-refractivity contribution < 1.29 is 46.9 Å². The van der Waals surface area contributed by atoms with E-state index in [1.165, 1.54) is 42.3 Å². The van der Waals surface area contributed by atoms with Crippen molar-refractivity contribution in [1.82, 2.24) is 20.3 Å². The van der Waals surface area contributed by atoms with Gasteiger partial charge in [-0.3, -0.25) is 14.3 Å². The SMILES string of the molecule is [C-]#[N+]c1cc(C[C@H](NC(=O)N2CCOCC2)C(=O)NCCCCOc2cccc(O)c2C(=O)OC)ccc1C1CC(=O)NS1(=O)=O. The average molecular weight is 658 g/mol. The second-order valence-corrected chi connectivity index (χ2v) is 12.4. The highest BCUT2D eigenvalue weighted by Crippen LogP contribution is 2.37. The Balaban J connectivity index is 1.39. The maximum atomic E-state index is 13.3. The van der Waals surface area contributed by atoms with Gasteiger partial charge in [0.2, 0.25) is 21.8 Å². The topological polar surface area (TPSA) is 194 Å². The number of rotatable bonds is 12. The van der Waals surface area contributed by atoms with E-state index in [0.717, 1.165) is 0 Å². The summed E-state index contributed by atoms with van der Waals surface area (Å²) in [5.74, 6) is -1.95. The highest BCUT2D eigenvalue weighted by molar-refractivity contribution is 7.90. The van der Waals surface area contributed by atoms with E-state index in [2.05, 4.69) is 15.5 Å². The minimum atomic E-state index is -3.96. The first-order valence-electron chi connectivity index (χ1n) is 14.5. The van der Waals surface area contributed by atoms with E-state index in [-0.39, 0.29) is 54.3 Å². The monoisotopic (exact) mass is 657 g/mol. The van der Waals surface area contributed by atoms with Crippen LogP contribution in [0.2, 0.25) is 0 Å². The van der Waals surface area contributed by atoms with Crippen molar-refractivity contribution >= 4 is 39.5 Å². The molecule has 2 fully saturated rings. The van der Waals surface area contributed by atoms with Gasteiger partial charge in [-0.05, 0) is 30.5 Å². The van der Waals surface area contributed by atoms with Crippen molar-refractivity contribution in [3.8, 4) is 11.5 Å². The van der Waals surface area contributed by atoms with Crippen molar-refractivity contribution in [2.75, 3.05) is 46.6 Å². The molecule has 0 radical (unpaired) electrons. The predicted octanol–water partition coefficient (Wildman–Crippen LogP) is 1.55. The Kier molecular flexibility index (Phi) is 11.4. The molecule has 4 rings (SSSR count). The van der Waals surface area contributed by atoms with Crippen LogP contribution in [-0.4, -0.2) is 94.8 Å². The minimum absolute atomic E-state index is 0.0101. The number of methoxy groups -OCH3 is 1. The summed E-state index contributed by atoms with van der Waals surface area (Å²) in [4.78, 5) is 55.0. The summed E-state index contributed by atoms with van der Waals surface area (Å²) >= 11 is 0. The van der Waals surface area contributed by atoms with Gasteiger partial charge in [-0.15, -0.1) is 0 Å². The van der Waals surface area contributed by atoms with Crippen LogP contribution in [0.15, 0.2) is 36.4 Å². The molecule has 0 aromatic heterocycles. The molecule has 0 aliphatic carbocycles. The molecule has 2 aliphatic rings. The van der Waals surface area contributed by atoms with Crippen LogP contribution in [0.3, 0.4) is 0 Å². The smallest absolute Gasteiger partial charge is 0.345 e. The van der Waals surface area contributed by atoms with Gasteiger partial charge < -0.3 is 34.9 Å². The fourth-order valence-electron chi connectivity index (χ4n) is 5.05. The first-order chi connectivity index (χ1) is 22.0. The van der Waals surface area contributed by atoms with E-state index in [4.69, 9.17) is 20.8 Å². The summed E-state index contributed by atoms with van der Waals surface area (Å²) < 4.78 is 42.4. The number of sulfonamides is 1. The van der Waals surface area contributed by atoms with Crippen LogP contribution in [0, 0.1) is 6.57 Å². The molecule has 4 amide bonds. The Morgan fingerprint density at radius 3 is 2.63 bits per heavy atom. The summed E-state index contributed by atoms with van der Waals surface area (Å²) in [7, 11) is -2.77. The lowest BCUT2D eigenvalue weighted by atomic mass is 9.99. The zero-order valence-corrected chi connectivity index (χ0v) is 25.9. The minimum Gasteiger partial charge on any atom is -0.507 e. The van der Waals surface area contributed by atoms with Crippen LogP contribution >= 0.6 is 0 Å². The van der Waals surface area contributed by atoms with Crippen LogP contribution in [0.5, 0.6) is 11.5 Å². The van der Waals surface area contributed by atoms with E-state index >= 15 is 0 Å². The summed E-state index contributed by atoms with van der Waals surface area (Å²) in [6.07, 6.45) is 0.687. The zero-order chi connectivity index (χ0) is 33.3. The van der Waals surface area contributed by atoms with Crippen LogP contribution in [0.25, 0.3) is 4.85 Å². The van der Waals surface area contributed by atoms with Crippen LogP contribution < -0.4 is 20.1 Å². The number of hydrogen-bond donors (Lipinski definition) is 4. The lowest BCUT2D eigenvalue weighted by Crippen LogP contribution is -2.54. The lowest BCUT2D eigenvalue weighted by Gasteiger charge is -2.29.